The van der Waals surface area contributed by atoms with Gasteiger partial charge in [0.05, 0.1) is 0 Å². The molecule has 1 aromatic carbocycles. The summed E-state index contributed by atoms with van der Waals surface area (Å²) in [4.78, 5) is 0. The van der Waals surface area contributed by atoms with Crippen LogP contribution in [0, 0.1) is 11.3 Å². The Balaban J connectivity index is 2.04. The van der Waals surface area contributed by atoms with Crippen LogP contribution in [0.2, 0.25) is 0 Å². The molecule has 18 heavy (non-hydrogen) atoms. The summed E-state index contributed by atoms with van der Waals surface area (Å²) in [5.41, 5.74) is 1.76. The van der Waals surface area contributed by atoms with Crippen LogP contribution in [-0.2, 0) is 6.42 Å². The minimum Gasteiger partial charge on any atom is -0.487 e. The summed E-state index contributed by atoms with van der Waals surface area (Å²) in [5.74, 6) is 1.73. The fourth-order valence-electron chi connectivity index (χ4n) is 3.81. The second-order valence-electron chi connectivity index (χ2n) is 6.61. The van der Waals surface area contributed by atoms with Crippen molar-refractivity contribution in [3.63, 3.8) is 0 Å². The number of benzene rings is 1. The second-order valence-corrected chi connectivity index (χ2v) is 8.11. The molecular weight excluding hydrogens is 335 g/mol. The van der Waals surface area contributed by atoms with Gasteiger partial charge in [0.2, 0.25) is 0 Å². The van der Waals surface area contributed by atoms with Crippen molar-refractivity contribution >= 4 is 22.6 Å². The van der Waals surface area contributed by atoms with Crippen LogP contribution in [0.15, 0.2) is 24.3 Å². The molecule has 1 aliphatic heterocycles. The molecule has 0 spiro atoms. The van der Waals surface area contributed by atoms with Crippen LogP contribution in [0.25, 0.3) is 0 Å². The van der Waals surface area contributed by atoms with E-state index in [2.05, 4.69) is 67.6 Å². The van der Waals surface area contributed by atoms with Crippen molar-refractivity contribution < 1.29 is 4.74 Å². The quantitative estimate of drug-likeness (QED) is 0.487. The molecule has 1 heterocycles. The molecule has 0 saturated heterocycles. The van der Waals surface area contributed by atoms with Crippen LogP contribution in [0.1, 0.15) is 39.2 Å². The highest BCUT2D eigenvalue weighted by Crippen LogP contribution is 2.54. The van der Waals surface area contributed by atoms with Crippen LogP contribution < -0.4 is 4.74 Å². The molecule has 3 rings (SSSR count). The third-order valence-corrected chi connectivity index (χ3v) is 7.30. The maximum absolute atomic E-state index is 6.40. The van der Waals surface area contributed by atoms with Crippen molar-refractivity contribution in [2.75, 3.05) is 0 Å². The van der Waals surface area contributed by atoms with E-state index in [0.29, 0.717) is 11.3 Å². The summed E-state index contributed by atoms with van der Waals surface area (Å²) >= 11 is 2.64. The number of ether oxygens (including phenoxy) is 1. The minimum absolute atomic E-state index is 0.0273. The van der Waals surface area contributed by atoms with E-state index in [4.69, 9.17) is 4.74 Å². The van der Waals surface area contributed by atoms with Crippen molar-refractivity contribution in [1.82, 2.24) is 0 Å². The fourth-order valence-corrected chi connectivity index (χ4v) is 4.55. The van der Waals surface area contributed by atoms with Gasteiger partial charge in [-0.2, -0.15) is 0 Å². The lowest BCUT2D eigenvalue weighted by atomic mass is 9.59. The van der Waals surface area contributed by atoms with Crippen LogP contribution in [0.3, 0.4) is 0 Å². The third-order valence-electron chi connectivity index (χ3n) is 5.08. The standard InChI is InChI=1S/C16H21IO/c1-15(2)13-10-11-6-4-5-7-12(11)18-16(13,3)9-8-14(15)17/h4-7,13-14H,8-10H2,1-3H3/t13-,14-,16-/m1/s1. The van der Waals surface area contributed by atoms with E-state index in [0.717, 1.165) is 9.67 Å². The molecule has 0 amide bonds. The van der Waals surface area contributed by atoms with Gasteiger partial charge in [-0.15, -0.1) is 0 Å². The van der Waals surface area contributed by atoms with Gasteiger partial charge in [0, 0.05) is 9.84 Å². The van der Waals surface area contributed by atoms with E-state index in [1.54, 1.807) is 0 Å². The number of hydrogen-bond donors (Lipinski definition) is 0. The van der Waals surface area contributed by atoms with E-state index in [9.17, 15) is 0 Å². The lowest BCUT2D eigenvalue weighted by Gasteiger charge is -2.55. The first-order chi connectivity index (χ1) is 8.43. The first-order valence-corrected chi connectivity index (χ1v) is 8.09. The zero-order valence-electron chi connectivity index (χ0n) is 11.4. The van der Waals surface area contributed by atoms with Crippen LogP contribution in [0.4, 0.5) is 0 Å². The monoisotopic (exact) mass is 356 g/mol. The first-order valence-electron chi connectivity index (χ1n) is 6.84. The van der Waals surface area contributed by atoms with Gasteiger partial charge in [-0.3, -0.25) is 0 Å². The lowest BCUT2D eigenvalue weighted by Crippen LogP contribution is -2.57. The van der Waals surface area contributed by atoms with Gasteiger partial charge in [-0.25, -0.2) is 0 Å². The number of rotatable bonds is 0. The van der Waals surface area contributed by atoms with Gasteiger partial charge in [0.1, 0.15) is 11.4 Å². The zero-order chi connectivity index (χ0) is 13.0. The highest BCUT2D eigenvalue weighted by molar-refractivity contribution is 14.1. The van der Waals surface area contributed by atoms with Crippen molar-refractivity contribution in [2.45, 2.75) is 49.6 Å². The Kier molecular flexibility index (Phi) is 2.92. The van der Waals surface area contributed by atoms with Gasteiger partial charge in [-0.1, -0.05) is 54.6 Å². The van der Waals surface area contributed by atoms with Crippen molar-refractivity contribution in [3.8, 4) is 5.75 Å². The Labute approximate surface area is 123 Å². The molecule has 2 aliphatic rings. The second kappa shape index (κ2) is 4.12. The Morgan fingerprint density at radius 3 is 2.72 bits per heavy atom. The van der Waals surface area contributed by atoms with Crippen LogP contribution in [-0.4, -0.2) is 9.53 Å². The van der Waals surface area contributed by atoms with Gasteiger partial charge < -0.3 is 4.74 Å². The number of alkyl halides is 1. The molecule has 98 valence electrons. The number of hydrogen-bond acceptors (Lipinski definition) is 1. The fraction of sp³-hybridized carbons (Fsp3) is 0.625. The topological polar surface area (TPSA) is 9.23 Å². The van der Waals surface area contributed by atoms with E-state index in [1.165, 1.54) is 24.8 Å². The normalized spacial score (nSPS) is 37.3. The summed E-state index contributed by atoms with van der Waals surface area (Å²) in [6, 6.07) is 8.56. The number of para-hydroxylation sites is 1. The van der Waals surface area contributed by atoms with Gasteiger partial charge in [-0.05, 0) is 43.2 Å². The molecule has 1 aliphatic carbocycles. The summed E-state index contributed by atoms with van der Waals surface area (Å²) in [7, 11) is 0. The number of halogens is 1. The molecular formula is C16H21IO. The van der Waals surface area contributed by atoms with Gasteiger partial charge in [0.25, 0.3) is 0 Å². The highest BCUT2D eigenvalue weighted by atomic mass is 127. The molecule has 1 saturated carbocycles. The molecule has 1 aromatic rings. The average Bonchev–Trinajstić information content (AvgIpc) is 2.33. The number of fused-ring (bicyclic) bond motifs is 2. The van der Waals surface area contributed by atoms with Crippen LogP contribution in [0.5, 0.6) is 5.75 Å². The predicted octanol–water partition coefficient (Wildman–Crippen LogP) is 4.62. The van der Waals surface area contributed by atoms with E-state index >= 15 is 0 Å². The molecule has 1 nitrogen and oxygen atoms in total. The average molecular weight is 356 g/mol. The Morgan fingerprint density at radius 1 is 1.22 bits per heavy atom. The Hall–Kier alpha value is -0.250. The van der Waals surface area contributed by atoms with E-state index in [-0.39, 0.29) is 5.60 Å². The van der Waals surface area contributed by atoms with Gasteiger partial charge in [0.15, 0.2) is 0 Å². The Morgan fingerprint density at radius 2 is 1.94 bits per heavy atom. The van der Waals surface area contributed by atoms with Crippen LogP contribution >= 0.6 is 22.6 Å². The minimum atomic E-state index is 0.0273. The summed E-state index contributed by atoms with van der Waals surface area (Å²) in [5, 5.41) is 0. The molecule has 0 aromatic heterocycles. The predicted molar refractivity (Wildman–Crippen MR) is 83.5 cm³/mol. The molecule has 0 radical (unpaired) electrons. The first kappa shape index (κ1) is 12.8. The lowest BCUT2D eigenvalue weighted by molar-refractivity contribution is -0.0758. The van der Waals surface area contributed by atoms with Gasteiger partial charge >= 0.3 is 0 Å². The van der Waals surface area contributed by atoms with Crippen molar-refractivity contribution in [1.29, 1.82) is 0 Å². The summed E-state index contributed by atoms with van der Waals surface area (Å²) in [6.07, 6.45) is 3.62. The largest absolute Gasteiger partial charge is 0.487 e. The smallest absolute Gasteiger partial charge is 0.123 e. The van der Waals surface area contributed by atoms with Crippen molar-refractivity contribution in [2.24, 2.45) is 11.3 Å². The summed E-state index contributed by atoms with van der Waals surface area (Å²) in [6.45, 7) is 7.16. The third kappa shape index (κ3) is 1.79. The SMILES string of the molecule is CC1(C)[C@H](I)CC[C@@]2(C)Oc3ccccc3C[C@H]12. The summed E-state index contributed by atoms with van der Waals surface area (Å²) < 4.78 is 7.16. The molecule has 3 atom stereocenters. The Bertz CT molecular complexity index is 468. The molecule has 2 heteroatoms. The molecule has 0 bridgehead atoms. The maximum atomic E-state index is 6.40. The molecule has 1 fully saturated rings. The maximum Gasteiger partial charge on any atom is 0.123 e. The molecule has 0 unspecified atom stereocenters. The molecule has 0 N–H and O–H groups in total. The van der Waals surface area contributed by atoms with Crippen molar-refractivity contribution in [3.05, 3.63) is 29.8 Å². The highest BCUT2D eigenvalue weighted by Gasteiger charge is 2.53. The van der Waals surface area contributed by atoms with E-state index in [1.807, 2.05) is 0 Å². The van der Waals surface area contributed by atoms with E-state index < -0.39 is 0 Å². The zero-order valence-corrected chi connectivity index (χ0v) is 13.5.